The molecule has 0 heterocycles. The van der Waals surface area contributed by atoms with Crippen molar-refractivity contribution in [1.29, 1.82) is 0 Å². The van der Waals surface area contributed by atoms with Crippen LogP contribution in [-0.4, -0.2) is 3.92 Å². The van der Waals surface area contributed by atoms with Gasteiger partial charge in [0.15, 0.2) is 0 Å². The van der Waals surface area contributed by atoms with E-state index in [0.29, 0.717) is 0 Å². The molecular formula is C10H15I. The van der Waals surface area contributed by atoms with Crippen molar-refractivity contribution in [3.05, 3.63) is 0 Å². The molecule has 3 saturated carbocycles. The molecule has 0 N–H and O–H groups in total. The highest BCUT2D eigenvalue weighted by atomic mass is 127. The zero-order valence-corrected chi connectivity index (χ0v) is 8.96. The van der Waals surface area contributed by atoms with Crippen LogP contribution in [0.15, 0.2) is 0 Å². The van der Waals surface area contributed by atoms with Gasteiger partial charge in [-0.25, -0.2) is 0 Å². The van der Waals surface area contributed by atoms with Gasteiger partial charge in [0, 0.05) is 3.92 Å². The van der Waals surface area contributed by atoms with E-state index >= 15 is 0 Å². The average Bonchev–Trinajstić information content (AvgIpc) is 2.53. The predicted octanol–water partition coefficient (Wildman–Crippen LogP) is 3.25. The Kier molecular flexibility index (Phi) is 1.54. The monoisotopic (exact) mass is 262 g/mol. The molecule has 4 atom stereocenters. The maximum absolute atomic E-state index is 2.67. The second-order valence-corrected chi connectivity index (χ2v) is 6.49. The van der Waals surface area contributed by atoms with Gasteiger partial charge in [0.25, 0.3) is 0 Å². The summed E-state index contributed by atoms with van der Waals surface area (Å²) in [7, 11) is 0. The van der Waals surface area contributed by atoms with Crippen LogP contribution in [0.3, 0.4) is 0 Å². The second kappa shape index (κ2) is 2.36. The minimum atomic E-state index is 1.03. The fourth-order valence-electron chi connectivity index (χ4n) is 3.95. The lowest BCUT2D eigenvalue weighted by atomic mass is 9.82. The lowest BCUT2D eigenvalue weighted by molar-refractivity contribution is 0.259. The van der Waals surface area contributed by atoms with Crippen LogP contribution in [0.4, 0.5) is 0 Å². The van der Waals surface area contributed by atoms with Gasteiger partial charge < -0.3 is 0 Å². The van der Waals surface area contributed by atoms with Gasteiger partial charge in [0.1, 0.15) is 0 Å². The molecule has 0 aromatic rings. The number of hydrogen-bond acceptors (Lipinski definition) is 0. The van der Waals surface area contributed by atoms with E-state index in [1.165, 1.54) is 23.7 Å². The second-order valence-electron chi connectivity index (χ2n) is 4.73. The van der Waals surface area contributed by atoms with Crippen molar-refractivity contribution in [2.24, 2.45) is 23.7 Å². The van der Waals surface area contributed by atoms with Gasteiger partial charge in [-0.05, 0) is 55.8 Å². The fourth-order valence-corrected chi connectivity index (χ4v) is 5.13. The molecule has 0 amide bonds. The third kappa shape index (κ3) is 0.925. The first kappa shape index (κ1) is 7.16. The van der Waals surface area contributed by atoms with Gasteiger partial charge in [-0.15, -0.1) is 0 Å². The van der Waals surface area contributed by atoms with Crippen LogP contribution in [0.2, 0.25) is 0 Å². The molecule has 62 valence electrons. The lowest BCUT2D eigenvalue weighted by Crippen LogP contribution is -2.15. The maximum Gasteiger partial charge on any atom is 0.0115 e. The molecule has 3 aliphatic carbocycles. The van der Waals surface area contributed by atoms with Gasteiger partial charge in [0.05, 0.1) is 0 Å². The van der Waals surface area contributed by atoms with E-state index in [2.05, 4.69) is 22.6 Å². The van der Waals surface area contributed by atoms with Crippen molar-refractivity contribution < 1.29 is 0 Å². The first-order valence-corrected chi connectivity index (χ1v) is 6.23. The first-order valence-electron chi connectivity index (χ1n) is 4.98. The van der Waals surface area contributed by atoms with Crippen molar-refractivity contribution in [2.75, 3.05) is 0 Å². The molecule has 1 heteroatoms. The molecule has 0 aliphatic heterocycles. The quantitative estimate of drug-likeness (QED) is 0.464. The smallest absolute Gasteiger partial charge is 0.0115 e. The number of rotatable bonds is 0. The van der Waals surface area contributed by atoms with Crippen molar-refractivity contribution in [2.45, 2.75) is 36.0 Å². The van der Waals surface area contributed by atoms with E-state index in [9.17, 15) is 0 Å². The molecular weight excluding hydrogens is 247 g/mol. The van der Waals surface area contributed by atoms with E-state index < -0.39 is 0 Å². The topological polar surface area (TPSA) is 0 Å². The standard InChI is InChI=1S/C10H15I/c11-8-4-9-6-1-2-7(3-6)10(9)5-8/h6-10H,1-5H2. The molecule has 0 saturated heterocycles. The normalized spacial score (nSPS) is 60.3. The van der Waals surface area contributed by atoms with E-state index in [-0.39, 0.29) is 0 Å². The molecule has 3 fully saturated rings. The summed E-state index contributed by atoms with van der Waals surface area (Å²) in [5.41, 5.74) is 0. The average molecular weight is 262 g/mol. The Balaban J connectivity index is 1.87. The Morgan fingerprint density at radius 3 is 1.91 bits per heavy atom. The summed E-state index contributed by atoms with van der Waals surface area (Å²) in [5, 5.41) is 0. The Bertz CT molecular complexity index is 160. The molecule has 3 aliphatic rings. The number of hydrogen-bond donors (Lipinski definition) is 0. The van der Waals surface area contributed by atoms with E-state index in [1.54, 1.807) is 32.1 Å². The summed E-state index contributed by atoms with van der Waals surface area (Å²) in [6.45, 7) is 0. The number of fused-ring (bicyclic) bond motifs is 5. The van der Waals surface area contributed by atoms with Crippen molar-refractivity contribution in [3.8, 4) is 0 Å². The SMILES string of the molecule is IC1CC2C3CCC(C3)C2C1. The molecule has 4 unspecified atom stereocenters. The van der Waals surface area contributed by atoms with Crippen LogP contribution < -0.4 is 0 Å². The van der Waals surface area contributed by atoms with Crippen molar-refractivity contribution in [3.63, 3.8) is 0 Å². The summed E-state index contributed by atoms with van der Waals surface area (Å²) in [6.07, 6.45) is 7.89. The van der Waals surface area contributed by atoms with Gasteiger partial charge in [0.2, 0.25) is 0 Å². The molecule has 0 nitrogen and oxygen atoms in total. The molecule has 0 aromatic carbocycles. The minimum absolute atomic E-state index is 1.03. The fraction of sp³-hybridized carbons (Fsp3) is 1.00. The third-order valence-corrected chi connectivity index (χ3v) is 5.35. The highest BCUT2D eigenvalue weighted by molar-refractivity contribution is 14.1. The number of halogens is 1. The van der Waals surface area contributed by atoms with Crippen LogP contribution in [0.5, 0.6) is 0 Å². The molecule has 11 heavy (non-hydrogen) atoms. The zero-order chi connectivity index (χ0) is 7.42. The Labute approximate surface area is 82.3 Å². The van der Waals surface area contributed by atoms with Gasteiger partial charge >= 0.3 is 0 Å². The molecule has 0 spiro atoms. The highest BCUT2D eigenvalue weighted by Gasteiger charge is 2.51. The maximum atomic E-state index is 2.67. The molecule has 0 radical (unpaired) electrons. The summed E-state index contributed by atoms with van der Waals surface area (Å²) >= 11 is 2.67. The van der Waals surface area contributed by atoms with E-state index in [0.717, 1.165) is 3.92 Å². The first-order chi connectivity index (χ1) is 5.34. The van der Waals surface area contributed by atoms with Crippen LogP contribution >= 0.6 is 22.6 Å². The zero-order valence-electron chi connectivity index (χ0n) is 6.80. The lowest BCUT2D eigenvalue weighted by Gasteiger charge is -2.23. The Morgan fingerprint density at radius 2 is 1.36 bits per heavy atom. The summed E-state index contributed by atoms with van der Waals surface area (Å²) < 4.78 is 1.03. The van der Waals surface area contributed by atoms with Gasteiger partial charge in [-0.1, -0.05) is 22.6 Å². The third-order valence-electron chi connectivity index (χ3n) is 4.33. The number of alkyl halides is 1. The van der Waals surface area contributed by atoms with Crippen molar-refractivity contribution >= 4 is 22.6 Å². The Hall–Kier alpha value is 0.730. The van der Waals surface area contributed by atoms with E-state index in [4.69, 9.17) is 0 Å². The van der Waals surface area contributed by atoms with Crippen LogP contribution in [0, 0.1) is 23.7 Å². The summed E-state index contributed by atoms with van der Waals surface area (Å²) in [5.74, 6) is 4.70. The van der Waals surface area contributed by atoms with Crippen LogP contribution in [0.1, 0.15) is 32.1 Å². The van der Waals surface area contributed by atoms with Gasteiger partial charge in [-0.3, -0.25) is 0 Å². The molecule has 2 bridgehead atoms. The van der Waals surface area contributed by atoms with E-state index in [1.807, 2.05) is 0 Å². The summed E-state index contributed by atoms with van der Waals surface area (Å²) in [4.78, 5) is 0. The molecule has 3 rings (SSSR count). The highest BCUT2D eigenvalue weighted by Crippen LogP contribution is 2.59. The van der Waals surface area contributed by atoms with Crippen LogP contribution in [-0.2, 0) is 0 Å². The molecule has 0 aromatic heterocycles. The largest absolute Gasteiger partial charge is 0.0826 e. The Morgan fingerprint density at radius 1 is 0.818 bits per heavy atom. The van der Waals surface area contributed by atoms with Gasteiger partial charge in [-0.2, -0.15) is 0 Å². The van der Waals surface area contributed by atoms with Crippen LogP contribution in [0.25, 0.3) is 0 Å². The summed E-state index contributed by atoms with van der Waals surface area (Å²) in [6, 6.07) is 0. The minimum Gasteiger partial charge on any atom is -0.0826 e. The predicted molar refractivity (Wildman–Crippen MR) is 54.9 cm³/mol. The van der Waals surface area contributed by atoms with Crippen molar-refractivity contribution in [1.82, 2.24) is 0 Å².